The number of phenolic OH excluding ortho intramolecular Hbond substituents is 4. The van der Waals surface area contributed by atoms with E-state index < -0.39 is 47.5 Å². The Morgan fingerprint density at radius 3 is 2.21 bits per heavy atom. The number of aromatic hydroxyl groups is 4. The maximum atomic E-state index is 12.5. The third-order valence-corrected chi connectivity index (χ3v) is 5.95. The van der Waals surface area contributed by atoms with Crippen LogP contribution in [0.5, 0.6) is 28.7 Å². The Bertz CT molecular complexity index is 1430. The number of hydrogen-bond donors (Lipinski definition) is 6. The Kier molecular flexibility index (Phi) is 7.10. The first-order valence-corrected chi connectivity index (χ1v) is 11.2. The molecule has 0 radical (unpaired) electrons. The highest BCUT2D eigenvalue weighted by molar-refractivity contribution is 5.91. The SMILES string of the molecule is O=C(C=Cc1ccc(O)c2c1[C@H](C(=O)O)[C@@H](c1ccc(O)c(O)c1)O2)O[C@H](Cc1ccc(O)cc1)C(=O)O. The van der Waals surface area contributed by atoms with Crippen molar-refractivity contribution in [1.82, 2.24) is 0 Å². The molecule has 11 heteroatoms. The fourth-order valence-electron chi connectivity index (χ4n) is 4.13. The predicted molar refractivity (Wildman–Crippen MR) is 130 cm³/mol. The van der Waals surface area contributed by atoms with Crippen molar-refractivity contribution in [1.29, 1.82) is 0 Å². The minimum absolute atomic E-state index is 0.00456. The Morgan fingerprint density at radius 2 is 1.58 bits per heavy atom. The summed E-state index contributed by atoms with van der Waals surface area (Å²) in [5.41, 5.74) is 0.975. The quantitative estimate of drug-likeness (QED) is 0.145. The van der Waals surface area contributed by atoms with E-state index in [2.05, 4.69) is 0 Å². The minimum Gasteiger partial charge on any atom is -0.508 e. The second-order valence-electron chi connectivity index (χ2n) is 8.49. The summed E-state index contributed by atoms with van der Waals surface area (Å²) in [5.74, 6) is -6.46. The van der Waals surface area contributed by atoms with Crippen LogP contribution in [0.2, 0.25) is 0 Å². The number of fused-ring (bicyclic) bond motifs is 1. The molecule has 3 atom stereocenters. The van der Waals surface area contributed by atoms with Gasteiger partial charge in [-0.3, -0.25) is 4.79 Å². The van der Waals surface area contributed by atoms with Gasteiger partial charge in [0.1, 0.15) is 17.8 Å². The summed E-state index contributed by atoms with van der Waals surface area (Å²) in [5, 5.41) is 58.6. The monoisotopic (exact) mass is 522 g/mol. The van der Waals surface area contributed by atoms with Crippen LogP contribution in [0.3, 0.4) is 0 Å². The molecular weight excluding hydrogens is 500 g/mol. The Morgan fingerprint density at radius 1 is 0.895 bits per heavy atom. The highest BCUT2D eigenvalue weighted by atomic mass is 16.6. The molecule has 196 valence electrons. The number of aliphatic carboxylic acids is 2. The van der Waals surface area contributed by atoms with Gasteiger partial charge in [0, 0.05) is 18.1 Å². The zero-order valence-electron chi connectivity index (χ0n) is 19.5. The molecule has 0 fully saturated rings. The van der Waals surface area contributed by atoms with Crippen molar-refractivity contribution >= 4 is 24.0 Å². The molecule has 0 spiro atoms. The van der Waals surface area contributed by atoms with Crippen molar-refractivity contribution in [2.75, 3.05) is 0 Å². The maximum Gasteiger partial charge on any atom is 0.345 e. The summed E-state index contributed by atoms with van der Waals surface area (Å²) in [6, 6.07) is 12.0. The summed E-state index contributed by atoms with van der Waals surface area (Å²) in [7, 11) is 0. The van der Waals surface area contributed by atoms with Crippen LogP contribution in [-0.2, 0) is 25.5 Å². The van der Waals surface area contributed by atoms with Gasteiger partial charge in [-0.1, -0.05) is 24.3 Å². The zero-order chi connectivity index (χ0) is 27.6. The van der Waals surface area contributed by atoms with Gasteiger partial charge in [0.15, 0.2) is 23.0 Å². The third kappa shape index (κ3) is 5.31. The van der Waals surface area contributed by atoms with Crippen LogP contribution in [-0.4, -0.2) is 54.7 Å². The molecule has 0 saturated heterocycles. The maximum absolute atomic E-state index is 12.5. The molecule has 1 aliphatic rings. The molecular formula is C27H22O11. The molecule has 0 amide bonds. The number of carbonyl (C=O) groups is 3. The van der Waals surface area contributed by atoms with E-state index in [1.807, 2.05) is 0 Å². The average molecular weight is 522 g/mol. The summed E-state index contributed by atoms with van der Waals surface area (Å²) in [6.07, 6.45) is -0.708. The van der Waals surface area contributed by atoms with Crippen molar-refractivity contribution in [3.63, 3.8) is 0 Å². The van der Waals surface area contributed by atoms with Crippen molar-refractivity contribution in [3.8, 4) is 28.7 Å². The lowest BCUT2D eigenvalue weighted by Crippen LogP contribution is -2.28. The topological polar surface area (TPSA) is 191 Å². The number of carboxylic acid groups (broad SMARTS) is 2. The fourth-order valence-corrected chi connectivity index (χ4v) is 4.13. The number of esters is 1. The second kappa shape index (κ2) is 10.4. The third-order valence-electron chi connectivity index (χ3n) is 5.95. The van der Waals surface area contributed by atoms with Crippen LogP contribution >= 0.6 is 0 Å². The van der Waals surface area contributed by atoms with E-state index in [0.717, 1.165) is 12.1 Å². The lowest BCUT2D eigenvalue weighted by atomic mass is 9.88. The molecule has 38 heavy (non-hydrogen) atoms. The zero-order valence-corrected chi connectivity index (χ0v) is 19.5. The largest absolute Gasteiger partial charge is 0.508 e. The number of rotatable bonds is 8. The van der Waals surface area contributed by atoms with E-state index in [1.165, 1.54) is 54.6 Å². The van der Waals surface area contributed by atoms with Gasteiger partial charge < -0.3 is 40.1 Å². The van der Waals surface area contributed by atoms with E-state index in [4.69, 9.17) is 9.47 Å². The van der Waals surface area contributed by atoms with Gasteiger partial charge >= 0.3 is 17.9 Å². The summed E-state index contributed by atoms with van der Waals surface area (Å²) in [6.45, 7) is 0. The second-order valence-corrected chi connectivity index (χ2v) is 8.49. The molecule has 0 unspecified atom stereocenters. The van der Waals surface area contributed by atoms with Crippen LogP contribution < -0.4 is 4.74 Å². The van der Waals surface area contributed by atoms with Gasteiger partial charge in [-0.05, 0) is 53.1 Å². The Hall–Kier alpha value is -5.19. The van der Waals surface area contributed by atoms with Gasteiger partial charge in [-0.15, -0.1) is 0 Å². The number of benzene rings is 3. The Balaban J connectivity index is 1.59. The fraction of sp³-hybridized carbons (Fsp3) is 0.148. The summed E-state index contributed by atoms with van der Waals surface area (Å²) < 4.78 is 10.8. The van der Waals surface area contributed by atoms with Crippen molar-refractivity contribution < 1.29 is 54.5 Å². The molecule has 11 nitrogen and oxygen atoms in total. The molecule has 6 N–H and O–H groups in total. The molecule has 3 aromatic rings. The highest BCUT2D eigenvalue weighted by Gasteiger charge is 2.43. The number of ether oxygens (including phenoxy) is 2. The van der Waals surface area contributed by atoms with Crippen LogP contribution in [0.4, 0.5) is 0 Å². The lowest BCUT2D eigenvalue weighted by Gasteiger charge is -2.17. The molecule has 3 aromatic carbocycles. The van der Waals surface area contributed by atoms with Crippen LogP contribution in [0, 0.1) is 0 Å². The van der Waals surface area contributed by atoms with Crippen molar-refractivity contribution in [2.24, 2.45) is 0 Å². The van der Waals surface area contributed by atoms with Crippen molar-refractivity contribution in [3.05, 3.63) is 82.9 Å². The van der Waals surface area contributed by atoms with E-state index in [0.29, 0.717) is 5.56 Å². The first-order chi connectivity index (χ1) is 18.0. The van der Waals surface area contributed by atoms with Crippen LogP contribution in [0.15, 0.2) is 60.7 Å². The highest BCUT2D eigenvalue weighted by Crippen LogP contribution is 2.52. The average Bonchev–Trinajstić information content (AvgIpc) is 3.28. The van der Waals surface area contributed by atoms with Gasteiger partial charge in [-0.25, -0.2) is 9.59 Å². The normalized spacial score (nSPS) is 16.9. The van der Waals surface area contributed by atoms with Crippen molar-refractivity contribution in [2.45, 2.75) is 24.5 Å². The van der Waals surface area contributed by atoms with E-state index in [-0.39, 0.29) is 40.4 Å². The van der Waals surface area contributed by atoms with Crippen LogP contribution in [0.1, 0.15) is 34.3 Å². The molecule has 1 aliphatic heterocycles. The van der Waals surface area contributed by atoms with Gasteiger partial charge in [0.05, 0.1) is 0 Å². The van der Waals surface area contributed by atoms with Gasteiger partial charge in [-0.2, -0.15) is 0 Å². The lowest BCUT2D eigenvalue weighted by molar-refractivity contribution is -0.160. The molecule has 0 saturated carbocycles. The predicted octanol–water partition coefficient (Wildman–Crippen LogP) is 3.06. The van der Waals surface area contributed by atoms with Gasteiger partial charge in [0.2, 0.25) is 6.10 Å². The standard InChI is InChI=1S/C27H22O11/c28-16-6-1-13(2-7-16)11-20(26(33)34)37-21(32)10-5-14-3-9-18(30)25-22(14)23(27(35)36)24(38-25)15-4-8-17(29)19(31)12-15/h1-10,12,20,23-24,28-31H,11H2,(H,33,34)(H,35,36)/t20-,23+,24-/m1/s1. The minimum atomic E-state index is -1.52. The molecule has 0 aliphatic carbocycles. The molecule has 0 bridgehead atoms. The first kappa shape index (κ1) is 25.9. The summed E-state index contributed by atoms with van der Waals surface area (Å²) in [4.78, 5) is 36.3. The smallest absolute Gasteiger partial charge is 0.345 e. The number of hydrogen-bond acceptors (Lipinski definition) is 9. The molecule has 4 rings (SSSR count). The number of phenols is 4. The summed E-state index contributed by atoms with van der Waals surface area (Å²) >= 11 is 0. The van der Waals surface area contributed by atoms with E-state index in [1.54, 1.807) is 0 Å². The van der Waals surface area contributed by atoms with E-state index in [9.17, 15) is 45.0 Å². The number of carbonyl (C=O) groups excluding carboxylic acids is 1. The molecule has 0 aromatic heterocycles. The van der Waals surface area contributed by atoms with Crippen LogP contribution in [0.25, 0.3) is 6.08 Å². The number of carboxylic acids is 2. The van der Waals surface area contributed by atoms with Gasteiger partial charge in [0.25, 0.3) is 0 Å². The Labute approximate surface area is 215 Å². The first-order valence-electron chi connectivity index (χ1n) is 11.2. The molecule has 1 heterocycles. The van der Waals surface area contributed by atoms with E-state index >= 15 is 0 Å².